The molecule has 0 aromatic carbocycles. The Labute approximate surface area is 142 Å². The van der Waals surface area contributed by atoms with Crippen LogP contribution in [0, 0.1) is 0 Å². The van der Waals surface area contributed by atoms with Crippen LogP contribution in [0.4, 0.5) is 0 Å². The Morgan fingerprint density at radius 1 is 0.545 bits per heavy atom. The van der Waals surface area contributed by atoms with Crippen molar-refractivity contribution in [3.8, 4) is 0 Å². The van der Waals surface area contributed by atoms with Gasteiger partial charge in [-0.1, -0.05) is 90.4 Å². The van der Waals surface area contributed by atoms with Gasteiger partial charge in [-0.2, -0.15) is 0 Å². The van der Waals surface area contributed by atoms with Gasteiger partial charge in [-0.15, -0.1) is 0 Å². The third kappa shape index (κ3) is 20.2. The lowest BCUT2D eigenvalue weighted by atomic mass is 10.0. The SMILES string of the molecule is CCCCCCCCCCCCCCCC/C=C/[P+](C)(C)C. The molecule has 0 aliphatic heterocycles. The fourth-order valence-electron chi connectivity index (χ4n) is 2.85. The van der Waals surface area contributed by atoms with E-state index in [0.717, 1.165) is 0 Å². The van der Waals surface area contributed by atoms with Crippen molar-refractivity contribution in [2.75, 3.05) is 20.0 Å². The lowest BCUT2D eigenvalue weighted by Crippen LogP contribution is -1.83. The van der Waals surface area contributed by atoms with Crippen LogP contribution in [0.5, 0.6) is 0 Å². The van der Waals surface area contributed by atoms with Crippen molar-refractivity contribution < 1.29 is 0 Å². The minimum atomic E-state index is -0.684. The Balaban J connectivity index is 3.07. The van der Waals surface area contributed by atoms with Gasteiger partial charge in [-0.25, -0.2) is 0 Å². The van der Waals surface area contributed by atoms with Gasteiger partial charge in [0.15, 0.2) is 0 Å². The first-order valence-corrected chi connectivity index (χ1v) is 13.2. The van der Waals surface area contributed by atoms with E-state index in [9.17, 15) is 0 Å². The molecule has 0 radical (unpaired) electrons. The summed E-state index contributed by atoms with van der Waals surface area (Å²) < 4.78 is 0. The minimum Gasteiger partial charge on any atom is -0.0654 e. The number of allylic oxidation sites excluding steroid dienone is 1. The molecular weight excluding hydrogens is 283 g/mol. The molecule has 0 nitrogen and oxygen atoms in total. The van der Waals surface area contributed by atoms with E-state index in [0.29, 0.717) is 0 Å². The highest BCUT2D eigenvalue weighted by molar-refractivity contribution is 7.76. The van der Waals surface area contributed by atoms with E-state index >= 15 is 0 Å². The van der Waals surface area contributed by atoms with Gasteiger partial charge in [-0.05, 0) is 18.9 Å². The van der Waals surface area contributed by atoms with Crippen molar-refractivity contribution in [3.05, 3.63) is 11.9 Å². The number of unbranched alkanes of at least 4 members (excludes halogenated alkanes) is 14. The van der Waals surface area contributed by atoms with Crippen LogP contribution in [0.3, 0.4) is 0 Å². The molecule has 0 bridgehead atoms. The first-order chi connectivity index (χ1) is 10.6. The highest BCUT2D eigenvalue weighted by Crippen LogP contribution is 2.48. The molecule has 1 heteroatoms. The monoisotopic (exact) mass is 327 g/mol. The zero-order chi connectivity index (χ0) is 16.5. The highest BCUT2D eigenvalue weighted by Gasteiger charge is 2.10. The molecule has 0 spiro atoms. The van der Waals surface area contributed by atoms with E-state index in [-0.39, 0.29) is 0 Å². The van der Waals surface area contributed by atoms with Crippen LogP contribution in [0.1, 0.15) is 103 Å². The van der Waals surface area contributed by atoms with Gasteiger partial charge in [0.25, 0.3) is 0 Å². The standard InChI is InChI=1S/C21H44P/c1-5-6-7-8-9-10-11-12-13-14-15-16-17-18-19-20-21-22(2,3)4/h20-21H,5-19H2,1-4H3/q+1/b21-20+. The second-order valence-electron chi connectivity index (χ2n) is 7.89. The smallest absolute Gasteiger partial charge is 0.0539 e. The van der Waals surface area contributed by atoms with Crippen molar-refractivity contribution >= 4 is 7.26 Å². The molecule has 0 saturated carbocycles. The molecule has 0 aromatic heterocycles. The first kappa shape index (κ1) is 22.2. The lowest BCUT2D eigenvalue weighted by molar-refractivity contribution is 0.536. The molecule has 0 atom stereocenters. The summed E-state index contributed by atoms with van der Waals surface area (Å²) in [4.78, 5) is 0. The molecule has 0 N–H and O–H groups in total. The normalized spacial score (nSPS) is 12.4. The van der Waals surface area contributed by atoms with Gasteiger partial charge in [0.2, 0.25) is 0 Å². The quantitative estimate of drug-likeness (QED) is 0.197. The maximum absolute atomic E-state index is 2.47. The predicted octanol–water partition coefficient (Wildman–Crippen LogP) is 8.28. The fraction of sp³-hybridized carbons (Fsp3) is 0.905. The number of hydrogen-bond donors (Lipinski definition) is 0. The topological polar surface area (TPSA) is 0 Å². The van der Waals surface area contributed by atoms with Crippen LogP contribution >= 0.6 is 7.26 Å². The van der Waals surface area contributed by atoms with Crippen LogP contribution in [0.15, 0.2) is 11.9 Å². The van der Waals surface area contributed by atoms with Crippen molar-refractivity contribution in [2.24, 2.45) is 0 Å². The van der Waals surface area contributed by atoms with Crippen molar-refractivity contribution in [1.82, 2.24) is 0 Å². The summed E-state index contributed by atoms with van der Waals surface area (Å²) in [5, 5.41) is 0. The van der Waals surface area contributed by atoms with Crippen molar-refractivity contribution in [3.63, 3.8) is 0 Å². The average Bonchev–Trinajstić information content (AvgIpc) is 2.45. The maximum Gasteiger partial charge on any atom is 0.0539 e. The molecule has 0 saturated heterocycles. The summed E-state index contributed by atoms with van der Waals surface area (Å²) >= 11 is 0. The van der Waals surface area contributed by atoms with Crippen molar-refractivity contribution in [1.29, 1.82) is 0 Å². The zero-order valence-corrected chi connectivity index (χ0v) is 17.1. The summed E-state index contributed by atoms with van der Waals surface area (Å²) in [5.74, 6) is 2.47. The molecule has 22 heavy (non-hydrogen) atoms. The molecule has 0 unspecified atom stereocenters. The lowest BCUT2D eigenvalue weighted by Gasteiger charge is -2.04. The summed E-state index contributed by atoms with van der Waals surface area (Å²) in [6.45, 7) is 9.45. The van der Waals surface area contributed by atoms with Gasteiger partial charge < -0.3 is 0 Å². The average molecular weight is 328 g/mol. The van der Waals surface area contributed by atoms with Crippen LogP contribution in [-0.4, -0.2) is 20.0 Å². The summed E-state index contributed by atoms with van der Waals surface area (Å²) in [6.07, 6.45) is 24.1. The summed E-state index contributed by atoms with van der Waals surface area (Å²) in [6, 6.07) is 0. The zero-order valence-electron chi connectivity index (χ0n) is 16.2. The Morgan fingerprint density at radius 3 is 1.27 bits per heavy atom. The first-order valence-electron chi connectivity index (χ1n) is 10.0. The molecule has 0 aromatic rings. The second-order valence-corrected chi connectivity index (χ2v) is 12.4. The third-order valence-electron chi connectivity index (χ3n) is 4.28. The fourth-order valence-corrected chi connectivity index (χ4v) is 3.63. The Hall–Kier alpha value is 0.170. The molecular formula is C21H44P+. The summed E-state index contributed by atoms with van der Waals surface area (Å²) in [5.41, 5.74) is 0. The number of hydrogen-bond acceptors (Lipinski definition) is 0. The second kappa shape index (κ2) is 16.0. The molecule has 0 aliphatic carbocycles. The van der Waals surface area contributed by atoms with E-state index in [1.807, 2.05) is 0 Å². The van der Waals surface area contributed by atoms with E-state index in [2.05, 4.69) is 38.8 Å². The van der Waals surface area contributed by atoms with E-state index in [1.54, 1.807) is 0 Å². The van der Waals surface area contributed by atoms with E-state index in [4.69, 9.17) is 0 Å². The van der Waals surface area contributed by atoms with Crippen LogP contribution in [0.2, 0.25) is 0 Å². The third-order valence-corrected chi connectivity index (χ3v) is 5.38. The van der Waals surface area contributed by atoms with Gasteiger partial charge in [0, 0.05) is 7.26 Å². The molecule has 0 aliphatic rings. The van der Waals surface area contributed by atoms with Crippen LogP contribution < -0.4 is 0 Å². The van der Waals surface area contributed by atoms with E-state index in [1.165, 1.54) is 96.3 Å². The number of rotatable bonds is 16. The minimum absolute atomic E-state index is 0.684. The Morgan fingerprint density at radius 2 is 0.909 bits per heavy atom. The molecule has 132 valence electrons. The summed E-state index contributed by atoms with van der Waals surface area (Å²) in [7, 11) is -0.684. The van der Waals surface area contributed by atoms with Gasteiger partial charge in [0.05, 0.1) is 25.8 Å². The Kier molecular flexibility index (Phi) is 16.2. The molecule has 0 fully saturated rings. The Bertz CT molecular complexity index is 237. The highest BCUT2D eigenvalue weighted by atomic mass is 31.2. The van der Waals surface area contributed by atoms with Crippen LogP contribution in [-0.2, 0) is 0 Å². The predicted molar refractivity (Wildman–Crippen MR) is 109 cm³/mol. The van der Waals surface area contributed by atoms with Crippen molar-refractivity contribution in [2.45, 2.75) is 103 Å². The van der Waals surface area contributed by atoms with Gasteiger partial charge >= 0.3 is 0 Å². The molecule has 0 heterocycles. The van der Waals surface area contributed by atoms with Crippen LogP contribution in [0.25, 0.3) is 0 Å². The van der Waals surface area contributed by atoms with E-state index < -0.39 is 7.26 Å². The van der Waals surface area contributed by atoms with Gasteiger partial charge in [-0.3, -0.25) is 0 Å². The van der Waals surface area contributed by atoms with Gasteiger partial charge in [0.1, 0.15) is 0 Å². The largest absolute Gasteiger partial charge is 0.0654 e. The maximum atomic E-state index is 2.47. The molecule has 0 rings (SSSR count). The molecule has 0 amide bonds.